The lowest BCUT2D eigenvalue weighted by atomic mass is 10.2. The number of nitrogens with one attached hydrogen (secondary N) is 1. The molecule has 2 aromatic rings. The Morgan fingerprint density at radius 3 is 3.13 bits per heavy atom. The van der Waals surface area contributed by atoms with Crippen LogP contribution in [0.25, 0.3) is 10.9 Å². The highest BCUT2D eigenvalue weighted by Crippen LogP contribution is 2.36. The minimum Gasteiger partial charge on any atom is -0.351 e. The molecule has 1 aromatic carbocycles. The normalized spacial score (nSPS) is 15.7. The largest absolute Gasteiger partial charge is 0.351 e. The molecule has 3 rings (SSSR count). The van der Waals surface area contributed by atoms with Crippen LogP contribution in [0.1, 0.15) is 16.9 Å². The summed E-state index contributed by atoms with van der Waals surface area (Å²) < 4.78 is 1.21. The minimum absolute atomic E-state index is 0.245. The molecule has 76 valence electrons. The molecule has 2 heterocycles. The van der Waals surface area contributed by atoms with Crippen LogP contribution in [0, 0.1) is 3.57 Å². The number of aromatic nitrogens is 1. The highest BCUT2D eigenvalue weighted by Gasteiger charge is 2.22. The van der Waals surface area contributed by atoms with Gasteiger partial charge in [0.1, 0.15) is 0 Å². The second-order valence-corrected chi connectivity index (χ2v) is 5.89. The van der Waals surface area contributed by atoms with E-state index in [0.717, 1.165) is 21.9 Å². The van der Waals surface area contributed by atoms with Crippen molar-refractivity contribution in [2.45, 2.75) is 11.3 Å². The number of thioether (sulfide) groups is 1. The lowest BCUT2D eigenvalue weighted by Crippen LogP contribution is -2.07. The quantitative estimate of drug-likeness (QED) is 0.751. The van der Waals surface area contributed by atoms with Gasteiger partial charge >= 0.3 is 0 Å². The van der Waals surface area contributed by atoms with Crippen molar-refractivity contribution in [3.05, 3.63) is 27.5 Å². The molecule has 0 radical (unpaired) electrons. The van der Waals surface area contributed by atoms with Crippen LogP contribution < -0.4 is 0 Å². The number of aromatic amines is 1. The van der Waals surface area contributed by atoms with E-state index in [4.69, 9.17) is 0 Å². The van der Waals surface area contributed by atoms with Gasteiger partial charge in [0, 0.05) is 31.5 Å². The fraction of sp³-hybridized carbons (Fsp3) is 0.182. The molecule has 2 nitrogen and oxygen atoms in total. The summed E-state index contributed by atoms with van der Waals surface area (Å²) in [6.07, 6.45) is 0.654. The molecule has 1 aliphatic heterocycles. The van der Waals surface area contributed by atoms with Crippen molar-refractivity contribution in [2.75, 3.05) is 5.75 Å². The Bertz CT molecular complexity index is 561. The van der Waals surface area contributed by atoms with Gasteiger partial charge in [0.25, 0.3) is 0 Å². The zero-order chi connectivity index (χ0) is 10.4. The molecule has 0 saturated carbocycles. The number of benzene rings is 1. The van der Waals surface area contributed by atoms with Crippen LogP contribution in [0.15, 0.2) is 23.1 Å². The number of hydrogen-bond donors (Lipinski definition) is 1. The standard InChI is InChI=1S/C11H8INOS/c12-6-1-2-8-7(5-6)11-10(13-8)9(14)3-4-15-11/h1-2,5,13H,3-4H2. The number of Topliss-reactive ketones (excluding diaryl/α,β-unsaturated/α-hetero) is 1. The number of carbonyl (C=O) groups excluding carboxylic acids is 1. The third-order valence-electron chi connectivity index (χ3n) is 2.57. The van der Waals surface area contributed by atoms with E-state index < -0.39 is 0 Å². The maximum absolute atomic E-state index is 11.7. The highest BCUT2D eigenvalue weighted by molar-refractivity contribution is 14.1. The van der Waals surface area contributed by atoms with E-state index in [-0.39, 0.29) is 5.78 Å². The summed E-state index contributed by atoms with van der Waals surface area (Å²) in [4.78, 5) is 16.1. The van der Waals surface area contributed by atoms with Crippen LogP contribution in [0.2, 0.25) is 0 Å². The summed E-state index contributed by atoms with van der Waals surface area (Å²) in [6, 6.07) is 6.24. The number of ketones is 1. The number of fused-ring (bicyclic) bond motifs is 3. The van der Waals surface area contributed by atoms with Gasteiger partial charge in [-0.3, -0.25) is 4.79 Å². The molecule has 0 saturated heterocycles. The predicted octanol–water partition coefficient (Wildman–Crippen LogP) is 3.45. The van der Waals surface area contributed by atoms with Gasteiger partial charge in [-0.2, -0.15) is 0 Å². The second kappa shape index (κ2) is 3.52. The number of hydrogen-bond acceptors (Lipinski definition) is 2. The second-order valence-electron chi connectivity index (χ2n) is 3.54. The summed E-state index contributed by atoms with van der Waals surface area (Å²) in [5.41, 5.74) is 1.88. The molecule has 0 spiro atoms. The first-order valence-corrected chi connectivity index (χ1v) is 6.79. The SMILES string of the molecule is O=C1CCSc2c1[nH]c1ccc(I)cc21. The van der Waals surface area contributed by atoms with Gasteiger partial charge in [-0.05, 0) is 40.8 Å². The van der Waals surface area contributed by atoms with E-state index in [1.165, 1.54) is 8.96 Å². The van der Waals surface area contributed by atoms with Crippen LogP contribution in [0.3, 0.4) is 0 Å². The van der Waals surface area contributed by atoms with Crippen LogP contribution in [0.5, 0.6) is 0 Å². The van der Waals surface area contributed by atoms with Gasteiger partial charge in [-0.25, -0.2) is 0 Å². The van der Waals surface area contributed by atoms with Crippen molar-refractivity contribution in [1.82, 2.24) is 4.98 Å². The topological polar surface area (TPSA) is 32.9 Å². The first-order valence-electron chi connectivity index (χ1n) is 4.73. The van der Waals surface area contributed by atoms with Crippen molar-refractivity contribution in [3.8, 4) is 0 Å². The predicted molar refractivity (Wildman–Crippen MR) is 70.7 cm³/mol. The monoisotopic (exact) mass is 329 g/mol. The Morgan fingerprint density at radius 2 is 2.27 bits per heavy atom. The molecule has 0 bridgehead atoms. The molecule has 4 heteroatoms. The van der Waals surface area contributed by atoms with Crippen LogP contribution in [0.4, 0.5) is 0 Å². The number of halogens is 1. The molecule has 0 amide bonds. The van der Waals surface area contributed by atoms with E-state index in [1.54, 1.807) is 11.8 Å². The molecule has 0 unspecified atom stereocenters. The minimum atomic E-state index is 0.245. The van der Waals surface area contributed by atoms with E-state index in [2.05, 4.69) is 39.7 Å². The van der Waals surface area contributed by atoms with E-state index in [9.17, 15) is 4.79 Å². The van der Waals surface area contributed by atoms with E-state index in [0.29, 0.717) is 6.42 Å². The highest BCUT2D eigenvalue weighted by atomic mass is 127. The first kappa shape index (κ1) is 9.72. The van der Waals surface area contributed by atoms with Crippen LogP contribution >= 0.6 is 34.4 Å². The Balaban J connectivity index is 2.36. The summed E-state index contributed by atoms with van der Waals surface area (Å²) >= 11 is 4.08. The van der Waals surface area contributed by atoms with Crippen molar-refractivity contribution >= 4 is 51.0 Å². The average molecular weight is 329 g/mol. The lowest BCUT2D eigenvalue weighted by Gasteiger charge is -2.08. The molecule has 0 aliphatic carbocycles. The summed E-state index contributed by atoms with van der Waals surface area (Å²) in [5.74, 6) is 1.15. The van der Waals surface area contributed by atoms with Gasteiger partial charge < -0.3 is 4.98 Å². The van der Waals surface area contributed by atoms with Crippen molar-refractivity contribution < 1.29 is 4.79 Å². The number of carbonyl (C=O) groups is 1. The molecule has 0 fully saturated rings. The van der Waals surface area contributed by atoms with Crippen LogP contribution in [-0.2, 0) is 0 Å². The Hall–Kier alpha value is -0.490. The molecule has 1 aromatic heterocycles. The zero-order valence-electron chi connectivity index (χ0n) is 7.84. The fourth-order valence-electron chi connectivity index (χ4n) is 1.86. The zero-order valence-corrected chi connectivity index (χ0v) is 10.8. The Kier molecular flexibility index (Phi) is 2.28. The van der Waals surface area contributed by atoms with Gasteiger partial charge in [-0.15, -0.1) is 11.8 Å². The van der Waals surface area contributed by atoms with Gasteiger partial charge in [-0.1, -0.05) is 0 Å². The van der Waals surface area contributed by atoms with E-state index in [1.807, 2.05) is 6.07 Å². The molecule has 1 aliphatic rings. The maximum Gasteiger partial charge on any atom is 0.181 e. The molecule has 1 N–H and O–H groups in total. The average Bonchev–Trinajstić information content (AvgIpc) is 2.58. The lowest BCUT2D eigenvalue weighted by molar-refractivity contribution is 0.0981. The molecular weight excluding hydrogens is 321 g/mol. The molecular formula is C11H8INOS. The van der Waals surface area contributed by atoms with Gasteiger partial charge in [0.15, 0.2) is 5.78 Å². The summed E-state index contributed by atoms with van der Waals surface area (Å²) in [5, 5.41) is 1.19. The molecule has 15 heavy (non-hydrogen) atoms. The smallest absolute Gasteiger partial charge is 0.181 e. The third-order valence-corrected chi connectivity index (χ3v) is 4.36. The van der Waals surface area contributed by atoms with Crippen molar-refractivity contribution in [2.24, 2.45) is 0 Å². The van der Waals surface area contributed by atoms with Crippen molar-refractivity contribution in [1.29, 1.82) is 0 Å². The summed E-state index contributed by atoms with van der Waals surface area (Å²) in [6.45, 7) is 0. The Morgan fingerprint density at radius 1 is 1.40 bits per heavy atom. The van der Waals surface area contributed by atoms with Gasteiger partial charge in [0.05, 0.1) is 5.69 Å². The Labute approximate surface area is 105 Å². The fourth-order valence-corrected chi connectivity index (χ4v) is 3.47. The summed E-state index contributed by atoms with van der Waals surface area (Å²) in [7, 11) is 0. The number of H-pyrrole nitrogens is 1. The third kappa shape index (κ3) is 1.50. The van der Waals surface area contributed by atoms with Gasteiger partial charge in [0.2, 0.25) is 0 Å². The number of rotatable bonds is 0. The first-order chi connectivity index (χ1) is 7.25. The molecule has 0 atom stereocenters. The van der Waals surface area contributed by atoms with Crippen molar-refractivity contribution in [3.63, 3.8) is 0 Å². The van der Waals surface area contributed by atoms with Crippen LogP contribution in [-0.4, -0.2) is 16.5 Å². The maximum atomic E-state index is 11.7. The van der Waals surface area contributed by atoms with E-state index >= 15 is 0 Å².